The van der Waals surface area contributed by atoms with Crippen LogP contribution in [0.1, 0.15) is 25.7 Å². The number of amides is 1. The van der Waals surface area contributed by atoms with E-state index in [1.54, 1.807) is 0 Å². The molecule has 1 fully saturated rings. The molecule has 0 aromatic rings. The predicted octanol–water partition coefficient (Wildman–Crippen LogP) is 1.44. The summed E-state index contributed by atoms with van der Waals surface area (Å²) in [6.07, 6.45) is 8.07. The normalized spacial score (nSPS) is 19.3. The van der Waals surface area contributed by atoms with Crippen LogP contribution in [0, 0.1) is 6.42 Å². The van der Waals surface area contributed by atoms with Crippen molar-refractivity contribution in [3.63, 3.8) is 0 Å². The maximum atomic E-state index is 10.8. The van der Waals surface area contributed by atoms with Crippen LogP contribution in [0.15, 0.2) is 12.7 Å². The first-order valence-electron chi connectivity index (χ1n) is 4.07. The molecule has 11 heavy (non-hydrogen) atoms. The molecular weight excluding hydrogens is 138 g/mol. The lowest BCUT2D eigenvalue weighted by atomic mass is 9.95. The molecule has 0 bridgehead atoms. The Morgan fingerprint density at radius 3 is 3.09 bits per heavy atom. The van der Waals surface area contributed by atoms with E-state index in [0.717, 1.165) is 12.8 Å². The van der Waals surface area contributed by atoms with Gasteiger partial charge in [0.2, 0.25) is 5.91 Å². The highest BCUT2D eigenvalue weighted by Crippen LogP contribution is 2.16. The first-order valence-corrected chi connectivity index (χ1v) is 4.07. The van der Waals surface area contributed by atoms with Crippen molar-refractivity contribution in [2.24, 2.45) is 0 Å². The molecule has 1 radical (unpaired) electrons. The van der Waals surface area contributed by atoms with Crippen molar-refractivity contribution in [2.75, 3.05) is 0 Å². The van der Waals surface area contributed by atoms with Crippen molar-refractivity contribution >= 4 is 5.91 Å². The SMILES string of the molecule is C=CC(=O)NC1C[CH]CCC1. The average molecular weight is 152 g/mol. The van der Waals surface area contributed by atoms with Gasteiger partial charge in [-0.15, -0.1) is 0 Å². The summed E-state index contributed by atoms with van der Waals surface area (Å²) in [6.45, 7) is 3.40. The molecule has 1 aliphatic carbocycles. The average Bonchev–Trinajstić information content (AvgIpc) is 2.06. The van der Waals surface area contributed by atoms with Gasteiger partial charge in [-0.25, -0.2) is 0 Å². The van der Waals surface area contributed by atoms with E-state index < -0.39 is 0 Å². The minimum Gasteiger partial charge on any atom is -0.350 e. The number of carbonyl (C=O) groups excluding carboxylic acids is 1. The monoisotopic (exact) mass is 152 g/mol. The molecule has 0 aromatic heterocycles. The van der Waals surface area contributed by atoms with Crippen molar-refractivity contribution in [3.05, 3.63) is 19.1 Å². The summed E-state index contributed by atoms with van der Waals surface area (Å²) in [6, 6.07) is 0.356. The Labute approximate surface area is 67.7 Å². The summed E-state index contributed by atoms with van der Waals surface area (Å²) in [7, 11) is 0. The summed E-state index contributed by atoms with van der Waals surface area (Å²) in [5.74, 6) is -0.0506. The standard InChI is InChI=1S/C9H14NO/c1-2-9(11)10-8-6-4-3-5-7-8/h2,4,8H,1,3,5-7H2,(H,10,11). The Kier molecular flexibility index (Phi) is 3.14. The van der Waals surface area contributed by atoms with Crippen LogP contribution < -0.4 is 5.32 Å². The van der Waals surface area contributed by atoms with E-state index in [1.807, 2.05) is 0 Å². The Morgan fingerprint density at radius 1 is 1.73 bits per heavy atom. The molecule has 0 aliphatic heterocycles. The molecule has 1 unspecified atom stereocenters. The first kappa shape index (κ1) is 8.31. The van der Waals surface area contributed by atoms with E-state index in [1.165, 1.54) is 18.9 Å². The van der Waals surface area contributed by atoms with Gasteiger partial charge in [0.1, 0.15) is 0 Å². The van der Waals surface area contributed by atoms with Gasteiger partial charge in [0.15, 0.2) is 0 Å². The number of hydrogen-bond donors (Lipinski definition) is 1. The largest absolute Gasteiger partial charge is 0.350 e. The topological polar surface area (TPSA) is 29.1 Å². The molecular formula is C9H14NO. The highest BCUT2D eigenvalue weighted by Gasteiger charge is 2.13. The predicted molar refractivity (Wildman–Crippen MR) is 44.9 cm³/mol. The van der Waals surface area contributed by atoms with Crippen molar-refractivity contribution in [1.82, 2.24) is 5.32 Å². The summed E-state index contributed by atoms with van der Waals surface area (Å²) >= 11 is 0. The Hall–Kier alpha value is -0.790. The van der Waals surface area contributed by atoms with Crippen LogP contribution in [-0.2, 0) is 4.79 Å². The molecule has 1 atom stereocenters. The third-order valence-corrected chi connectivity index (χ3v) is 1.94. The van der Waals surface area contributed by atoms with Crippen LogP contribution in [-0.4, -0.2) is 11.9 Å². The molecule has 1 amide bonds. The van der Waals surface area contributed by atoms with Gasteiger partial charge in [0.25, 0.3) is 0 Å². The molecule has 0 heterocycles. The van der Waals surface area contributed by atoms with Crippen molar-refractivity contribution < 1.29 is 4.79 Å². The van der Waals surface area contributed by atoms with E-state index >= 15 is 0 Å². The van der Waals surface area contributed by atoms with Crippen molar-refractivity contribution in [1.29, 1.82) is 0 Å². The highest BCUT2D eigenvalue weighted by molar-refractivity contribution is 5.87. The first-order chi connectivity index (χ1) is 5.33. The molecule has 1 aliphatic rings. The van der Waals surface area contributed by atoms with E-state index in [2.05, 4.69) is 18.3 Å². The Balaban J connectivity index is 2.24. The van der Waals surface area contributed by atoms with Crippen molar-refractivity contribution in [2.45, 2.75) is 31.7 Å². The lowest BCUT2D eigenvalue weighted by Gasteiger charge is -2.21. The Morgan fingerprint density at radius 2 is 2.55 bits per heavy atom. The molecule has 0 spiro atoms. The van der Waals surface area contributed by atoms with E-state index in [0.29, 0.717) is 6.04 Å². The second-order valence-corrected chi connectivity index (χ2v) is 2.86. The fourth-order valence-electron chi connectivity index (χ4n) is 1.34. The van der Waals surface area contributed by atoms with Crippen LogP contribution >= 0.6 is 0 Å². The lowest BCUT2D eigenvalue weighted by molar-refractivity contribution is -0.117. The molecule has 2 nitrogen and oxygen atoms in total. The molecule has 1 saturated carbocycles. The molecule has 0 saturated heterocycles. The van der Waals surface area contributed by atoms with E-state index in [-0.39, 0.29) is 5.91 Å². The Bertz CT molecular complexity index is 148. The third kappa shape index (κ3) is 2.74. The second-order valence-electron chi connectivity index (χ2n) is 2.86. The molecule has 1 N–H and O–H groups in total. The number of nitrogens with one attached hydrogen (secondary N) is 1. The zero-order chi connectivity index (χ0) is 8.10. The summed E-state index contributed by atoms with van der Waals surface area (Å²) in [4.78, 5) is 10.8. The van der Waals surface area contributed by atoms with Gasteiger partial charge >= 0.3 is 0 Å². The third-order valence-electron chi connectivity index (χ3n) is 1.94. The van der Waals surface area contributed by atoms with Crippen LogP contribution in [0.3, 0.4) is 0 Å². The lowest BCUT2D eigenvalue weighted by Crippen LogP contribution is -2.35. The van der Waals surface area contributed by atoms with Crippen molar-refractivity contribution in [3.8, 4) is 0 Å². The zero-order valence-corrected chi connectivity index (χ0v) is 6.68. The fraction of sp³-hybridized carbons (Fsp3) is 0.556. The van der Waals surface area contributed by atoms with Gasteiger partial charge in [-0.1, -0.05) is 19.4 Å². The van der Waals surface area contributed by atoms with Gasteiger partial charge in [0.05, 0.1) is 0 Å². The van der Waals surface area contributed by atoms with E-state index in [4.69, 9.17) is 0 Å². The van der Waals surface area contributed by atoms with Gasteiger partial charge in [-0.3, -0.25) is 4.79 Å². The maximum Gasteiger partial charge on any atom is 0.243 e. The summed E-state index contributed by atoms with van der Waals surface area (Å²) in [5, 5.41) is 2.88. The van der Waals surface area contributed by atoms with Gasteiger partial charge in [-0.05, 0) is 25.3 Å². The molecule has 0 aromatic carbocycles. The highest BCUT2D eigenvalue weighted by atomic mass is 16.1. The molecule has 2 heteroatoms. The maximum absolute atomic E-state index is 10.8. The second kappa shape index (κ2) is 4.16. The number of carbonyl (C=O) groups is 1. The summed E-state index contributed by atoms with van der Waals surface area (Å²) in [5.41, 5.74) is 0. The smallest absolute Gasteiger partial charge is 0.243 e. The minimum absolute atomic E-state index is 0.0506. The van der Waals surface area contributed by atoms with Gasteiger partial charge in [-0.2, -0.15) is 0 Å². The summed E-state index contributed by atoms with van der Waals surface area (Å²) < 4.78 is 0. The quantitative estimate of drug-likeness (QED) is 0.596. The number of hydrogen-bond acceptors (Lipinski definition) is 1. The van der Waals surface area contributed by atoms with E-state index in [9.17, 15) is 4.79 Å². The number of rotatable bonds is 2. The van der Waals surface area contributed by atoms with Gasteiger partial charge in [0, 0.05) is 6.04 Å². The zero-order valence-electron chi connectivity index (χ0n) is 6.68. The van der Waals surface area contributed by atoms with Crippen LogP contribution in [0.2, 0.25) is 0 Å². The fourth-order valence-corrected chi connectivity index (χ4v) is 1.34. The minimum atomic E-state index is -0.0506. The molecule has 61 valence electrons. The van der Waals surface area contributed by atoms with Crippen LogP contribution in [0.5, 0.6) is 0 Å². The molecule has 1 rings (SSSR count). The van der Waals surface area contributed by atoms with Crippen LogP contribution in [0.25, 0.3) is 0 Å². The van der Waals surface area contributed by atoms with Crippen LogP contribution in [0.4, 0.5) is 0 Å². The van der Waals surface area contributed by atoms with Gasteiger partial charge < -0.3 is 5.32 Å².